The third kappa shape index (κ3) is 3.60. The highest BCUT2D eigenvalue weighted by Crippen LogP contribution is 2.22. The second-order valence-electron chi connectivity index (χ2n) is 5.06. The van der Waals surface area contributed by atoms with Crippen LogP contribution in [-0.4, -0.2) is 38.5 Å². The lowest BCUT2D eigenvalue weighted by Crippen LogP contribution is -2.37. The van der Waals surface area contributed by atoms with Gasteiger partial charge in [0, 0.05) is 26.2 Å². The number of hydrogen-bond acceptors (Lipinski definition) is 4. The zero-order valence-corrected chi connectivity index (χ0v) is 12.9. The summed E-state index contributed by atoms with van der Waals surface area (Å²) in [6.07, 6.45) is 1.66. The number of ether oxygens (including phenoxy) is 1. The zero-order chi connectivity index (χ0) is 15.5. The Labute approximate surface area is 124 Å². The Bertz CT molecular complexity index is 586. The SMILES string of the molecule is CCN(CC1CCCO1)S(=O)(=O)c1ccc(CN)cc1F. The van der Waals surface area contributed by atoms with Crippen molar-refractivity contribution in [2.75, 3.05) is 19.7 Å². The molecule has 1 heterocycles. The fraction of sp³-hybridized carbons (Fsp3) is 0.571. The quantitative estimate of drug-likeness (QED) is 0.863. The molecule has 0 bridgehead atoms. The van der Waals surface area contributed by atoms with Gasteiger partial charge in [-0.15, -0.1) is 0 Å². The number of sulfonamides is 1. The van der Waals surface area contributed by atoms with Crippen LogP contribution in [0.15, 0.2) is 23.1 Å². The Hall–Kier alpha value is -1.02. The molecule has 1 saturated heterocycles. The second kappa shape index (κ2) is 6.83. The van der Waals surface area contributed by atoms with Gasteiger partial charge in [0.25, 0.3) is 0 Å². The highest BCUT2D eigenvalue weighted by molar-refractivity contribution is 7.89. The average Bonchev–Trinajstić information content (AvgIpc) is 2.97. The van der Waals surface area contributed by atoms with E-state index in [0.29, 0.717) is 12.2 Å². The Balaban J connectivity index is 2.25. The number of benzene rings is 1. The van der Waals surface area contributed by atoms with E-state index in [1.165, 1.54) is 22.5 Å². The van der Waals surface area contributed by atoms with Gasteiger partial charge in [-0.2, -0.15) is 4.31 Å². The van der Waals surface area contributed by atoms with Crippen molar-refractivity contribution in [1.82, 2.24) is 4.31 Å². The van der Waals surface area contributed by atoms with E-state index in [2.05, 4.69) is 0 Å². The summed E-state index contributed by atoms with van der Waals surface area (Å²) in [5, 5.41) is 0. The van der Waals surface area contributed by atoms with E-state index in [1.807, 2.05) is 0 Å². The number of halogens is 1. The molecular formula is C14H21FN2O3S. The van der Waals surface area contributed by atoms with E-state index < -0.39 is 15.8 Å². The first-order chi connectivity index (χ1) is 9.98. The third-order valence-corrected chi connectivity index (χ3v) is 5.61. The molecule has 118 valence electrons. The molecule has 0 amide bonds. The van der Waals surface area contributed by atoms with Gasteiger partial charge >= 0.3 is 0 Å². The largest absolute Gasteiger partial charge is 0.377 e. The molecular weight excluding hydrogens is 295 g/mol. The number of nitrogens with zero attached hydrogens (tertiary/aromatic N) is 1. The Morgan fingerprint density at radius 2 is 2.24 bits per heavy atom. The van der Waals surface area contributed by atoms with E-state index in [4.69, 9.17) is 10.5 Å². The van der Waals surface area contributed by atoms with Gasteiger partial charge < -0.3 is 10.5 Å². The van der Waals surface area contributed by atoms with Gasteiger partial charge in [0.05, 0.1) is 6.10 Å². The molecule has 0 spiro atoms. The average molecular weight is 316 g/mol. The van der Waals surface area contributed by atoms with Crippen LogP contribution in [0.4, 0.5) is 4.39 Å². The Morgan fingerprint density at radius 1 is 1.48 bits per heavy atom. The first-order valence-corrected chi connectivity index (χ1v) is 8.53. The molecule has 1 aliphatic heterocycles. The lowest BCUT2D eigenvalue weighted by molar-refractivity contribution is 0.0946. The van der Waals surface area contributed by atoms with Crippen molar-refractivity contribution in [3.8, 4) is 0 Å². The number of likely N-dealkylation sites (N-methyl/N-ethyl adjacent to an activating group) is 1. The maximum Gasteiger partial charge on any atom is 0.246 e. The predicted molar refractivity (Wildman–Crippen MR) is 77.7 cm³/mol. The number of rotatable bonds is 6. The van der Waals surface area contributed by atoms with E-state index >= 15 is 0 Å². The molecule has 7 heteroatoms. The molecule has 1 unspecified atom stereocenters. The smallest absolute Gasteiger partial charge is 0.246 e. The minimum absolute atomic E-state index is 0.105. The van der Waals surface area contributed by atoms with Gasteiger partial charge in [0.15, 0.2) is 0 Å². The molecule has 0 aromatic heterocycles. The molecule has 1 aromatic carbocycles. The summed E-state index contributed by atoms with van der Waals surface area (Å²) in [6.45, 7) is 3.10. The molecule has 21 heavy (non-hydrogen) atoms. The van der Waals surface area contributed by atoms with Gasteiger partial charge in [0.2, 0.25) is 10.0 Å². The molecule has 2 rings (SSSR count). The van der Waals surface area contributed by atoms with Crippen LogP contribution in [0.5, 0.6) is 0 Å². The van der Waals surface area contributed by atoms with Crippen molar-refractivity contribution < 1.29 is 17.5 Å². The molecule has 0 radical (unpaired) electrons. The van der Waals surface area contributed by atoms with Gasteiger partial charge in [-0.3, -0.25) is 0 Å². The zero-order valence-electron chi connectivity index (χ0n) is 12.1. The summed E-state index contributed by atoms with van der Waals surface area (Å²) in [5.74, 6) is -0.760. The maximum absolute atomic E-state index is 14.1. The van der Waals surface area contributed by atoms with Gasteiger partial charge in [-0.25, -0.2) is 12.8 Å². The minimum Gasteiger partial charge on any atom is -0.377 e. The number of nitrogens with two attached hydrogens (primary N) is 1. The van der Waals surface area contributed by atoms with Gasteiger partial charge in [-0.05, 0) is 30.5 Å². The summed E-state index contributed by atoms with van der Waals surface area (Å²) < 4.78 is 45.9. The molecule has 1 aromatic rings. The van der Waals surface area contributed by atoms with E-state index in [1.54, 1.807) is 6.92 Å². The summed E-state index contributed by atoms with van der Waals surface area (Å²) in [4.78, 5) is -0.306. The van der Waals surface area contributed by atoms with Crippen LogP contribution >= 0.6 is 0 Å². The van der Waals surface area contributed by atoms with Crippen molar-refractivity contribution >= 4 is 10.0 Å². The van der Waals surface area contributed by atoms with Gasteiger partial charge in [0.1, 0.15) is 10.7 Å². The van der Waals surface area contributed by atoms with Gasteiger partial charge in [-0.1, -0.05) is 13.0 Å². The second-order valence-corrected chi connectivity index (χ2v) is 6.97. The lowest BCUT2D eigenvalue weighted by Gasteiger charge is -2.23. The van der Waals surface area contributed by atoms with Crippen LogP contribution in [0, 0.1) is 5.82 Å². The van der Waals surface area contributed by atoms with Crippen molar-refractivity contribution in [2.45, 2.75) is 37.3 Å². The fourth-order valence-corrected chi connectivity index (χ4v) is 3.96. The van der Waals surface area contributed by atoms with Crippen LogP contribution in [0.1, 0.15) is 25.3 Å². The monoisotopic (exact) mass is 316 g/mol. The van der Waals surface area contributed by atoms with Crippen LogP contribution in [0.2, 0.25) is 0 Å². The Kier molecular flexibility index (Phi) is 5.32. The van der Waals surface area contributed by atoms with E-state index in [0.717, 1.165) is 12.8 Å². The van der Waals surface area contributed by atoms with Crippen molar-refractivity contribution in [1.29, 1.82) is 0 Å². The highest BCUT2D eigenvalue weighted by atomic mass is 32.2. The summed E-state index contributed by atoms with van der Waals surface area (Å²) in [5.41, 5.74) is 5.99. The van der Waals surface area contributed by atoms with E-state index in [9.17, 15) is 12.8 Å². The van der Waals surface area contributed by atoms with Crippen molar-refractivity contribution in [2.24, 2.45) is 5.73 Å². The van der Waals surface area contributed by atoms with Crippen LogP contribution in [-0.2, 0) is 21.3 Å². The first kappa shape index (κ1) is 16.4. The van der Waals surface area contributed by atoms with Crippen molar-refractivity contribution in [3.05, 3.63) is 29.6 Å². The number of hydrogen-bond donors (Lipinski definition) is 1. The van der Waals surface area contributed by atoms with Crippen LogP contribution in [0.3, 0.4) is 0 Å². The maximum atomic E-state index is 14.1. The molecule has 2 N–H and O–H groups in total. The molecule has 1 atom stereocenters. The third-order valence-electron chi connectivity index (χ3n) is 3.63. The summed E-state index contributed by atoms with van der Waals surface area (Å²) in [7, 11) is -3.86. The van der Waals surface area contributed by atoms with Crippen LogP contribution in [0.25, 0.3) is 0 Å². The first-order valence-electron chi connectivity index (χ1n) is 7.09. The lowest BCUT2D eigenvalue weighted by atomic mass is 10.2. The molecule has 0 aliphatic carbocycles. The fourth-order valence-electron chi connectivity index (χ4n) is 2.43. The topological polar surface area (TPSA) is 72.6 Å². The minimum atomic E-state index is -3.86. The van der Waals surface area contributed by atoms with E-state index in [-0.39, 0.29) is 30.6 Å². The van der Waals surface area contributed by atoms with Crippen molar-refractivity contribution in [3.63, 3.8) is 0 Å². The normalized spacial score (nSPS) is 19.3. The summed E-state index contributed by atoms with van der Waals surface area (Å²) in [6, 6.07) is 3.99. The molecule has 1 aliphatic rings. The molecule has 0 saturated carbocycles. The predicted octanol–water partition coefficient (Wildman–Crippen LogP) is 1.47. The summed E-state index contributed by atoms with van der Waals surface area (Å²) >= 11 is 0. The standard InChI is InChI=1S/C14H21FN2O3S/c1-2-17(10-12-4-3-7-20-12)21(18,19)14-6-5-11(9-16)8-13(14)15/h5-6,8,12H,2-4,7,9-10,16H2,1H3. The van der Waals surface area contributed by atoms with Crippen LogP contribution < -0.4 is 5.73 Å². The Morgan fingerprint density at radius 3 is 2.76 bits per heavy atom. The molecule has 5 nitrogen and oxygen atoms in total. The molecule has 1 fully saturated rings. The highest BCUT2D eigenvalue weighted by Gasteiger charge is 2.29.